The van der Waals surface area contributed by atoms with E-state index in [4.69, 9.17) is 5.11 Å². The number of hydrogen-bond donors (Lipinski definition) is 1. The lowest BCUT2D eigenvalue weighted by atomic mass is 10.0. The van der Waals surface area contributed by atoms with Crippen molar-refractivity contribution in [2.75, 3.05) is 6.61 Å². The highest BCUT2D eigenvalue weighted by atomic mass is 16.6. The fourth-order valence-corrected chi connectivity index (χ4v) is 1.75. The molecule has 0 aliphatic heterocycles. The lowest BCUT2D eigenvalue weighted by Crippen LogP contribution is -2.06. The van der Waals surface area contributed by atoms with E-state index in [0.717, 1.165) is 12.1 Å². The molecule has 20 heavy (non-hydrogen) atoms. The minimum absolute atomic E-state index is 0.0191. The van der Waals surface area contributed by atoms with Crippen molar-refractivity contribution in [3.63, 3.8) is 0 Å². The molecule has 0 saturated heterocycles. The maximum atomic E-state index is 10.9. The standard InChI is InChI=1S/C11H11N2O7/c14-4-2-1-3-8-9(12(17)18)5-7(11(15)16)6-10(8)13(19)20/h5-6H,1-4H2,(H,15,16). The summed E-state index contributed by atoms with van der Waals surface area (Å²) in [6.45, 7) is -0.380. The Labute approximate surface area is 112 Å². The second-order valence-electron chi connectivity index (χ2n) is 3.97. The van der Waals surface area contributed by atoms with Crippen molar-refractivity contribution in [2.24, 2.45) is 0 Å². The Hall–Kier alpha value is -2.55. The summed E-state index contributed by atoms with van der Waals surface area (Å²) in [5.41, 5.74) is -1.89. The first kappa shape index (κ1) is 15.5. The van der Waals surface area contributed by atoms with Crippen LogP contribution in [0.5, 0.6) is 0 Å². The number of carboxylic acid groups (broad SMARTS) is 1. The largest absolute Gasteiger partial charge is 0.478 e. The van der Waals surface area contributed by atoms with Crippen LogP contribution in [0.3, 0.4) is 0 Å². The zero-order valence-corrected chi connectivity index (χ0v) is 10.3. The van der Waals surface area contributed by atoms with Crippen molar-refractivity contribution in [1.29, 1.82) is 0 Å². The number of aromatic carboxylic acids is 1. The number of nitro groups is 2. The molecule has 0 aliphatic rings. The highest BCUT2D eigenvalue weighted by Crippen LogP contribution is 2.31. The fraction of sp³-hybridized carbons (Fsp3) is 0.364. The van der Waals surface area contributed by atoms with E-state index in [-0.39, 0.29) is 31.4 Å². The summed E-state index contributed by atoms with van der Waals surface area (Å²) in [4.78, 5) is 31.0. The van der Waals surface area contributed by atoms with Crippen LogP contribution in [0.2, 0.25) is 0 Å². The Morgan fingerprint density at radius 3 is 1.95 bits per heavy atom. The Morgan fingerprint density at radius 1 is 1.10 bits per heavy atom. The molecule has 0 unspecified atom stereocenters. The third-order valence-electron chi connectivity index (χ3n) is 2.66. The third kappa shape index (κ3) is 3.48. The van der Waals surface area contributed by atoms with Gasteiger partial charge in [0.2, 0.25) is 0 Å². The molecule has 0 amide bonds. The van der Waals surface area contributed by atoms with E-state index < -0.39 is 32.8 Å². The second kappa shape index (κ2) is 6.57. The van der Waals surface area contributed by atoms with Gasteiger partial charge in [-0.05, 0) is 19.3 Å². The highest BCUT2D eigenvalue weighted by Gasteiger charge is 2.27. The molecule has 0 fully saturated rings. The molecule has 1 aromatic rings. The number of hydrogen-bond acceptors (Lipinski definition) is 5. The van der Waals surface area contributed by atoms with Gasteiger partial charge in [-0.25, -0.2) is 9.90 Å². The number of carbonyl (C=O) groups is 1. The summed E-state index contributed by atoms with van der Waals surface area (Å²) in [7, 11) is 0. The molecule has 107 valence electrons. The molecule has 0 saturated carbocycles. The number of unbranched alkanes of at least 4 members (excludes halogenated alkanes) is 1. The normalized spacial score (nSPS) is 10.2. The van der Waals surface area contributed by atoms with Gasteiger partial charge < -0.3 is 5.11 Å². The van der Waals surface area contributed by atoms with Crippen molar-refractivity contribution >= 4 is 17.3 Å². The van der Waals surface area contributed by atoms with E-state index in [1.54, 1.807) is 0 Å². The van der Waals surface area contributed by atoms with Crippen LogP contribution in [0, 0.1) is 20.2 Å². The first-order valence-electron chi connectivity index (χ1n) is 5.65. The predicted molar refractivity (Wildman–Crippen MR) is 65.2 cm³/mol. The lowest BCUT2D eigenvalue weighted by Gasteiger charge is -2.05. The lowest BCUT2D eigenvalue weighted by molar-refractivity contribution is -0.395. The Morgan fingerprint density at radius 2 is 1.60 bits per heavy atom. The average Bonchev–Trinajstić information content (AvgIpc) is 2.37. The highest BCUT2D eigenvalue weighted by molar-refractivity contribution is 5.90. The van der Waals surface area contributed by atoms with Crippen LogP contribution < -0.4 is 0 Å². The van der Waals surface area contributed by atoms with Crippen molar-refractivity contribution in [2.45, 2.75) is 19.3 Å². The average molecular weight is 283 g/mol. The molecule has 9 nitrogen and oxygen atoms in total. The monoisotopic (exact) mass is 283 g/mol. The first-order valence-corrected chi connectivity index (χ1v) is 5.65. The summed E-state index contributed by atoms with van der Waals surface area (Å²) in [6, 6.07) is 1.59. The first-order chi connectivity index (χ1) is 9.38. The van der Waals surface area contributed by atoms with Crippen LogP contribution in [0.1, 0.15) is 28.8 Å². The Balaban J connectivity index is 3.39. The SMILES string of the molecule is [O]CCCCc1c([N+](=O)[O-])cc(C(=O)O)cc1[N+](=O)[O-]. The van der Waals surface area contributed by atoms with Gasteiger partial charge in [-0.3, -0.25) is 20.2 Å². The van der Waals surface area contributed by atoms with Crippen molar-refractivity contribution < 1.29 is 24.9 Å². The maximum absolute atomic E-state index is 10.9. The molecule has 9 heteroatoms. The van der Waals surface area contributed by atoms with Crippen molar-refractivity contribution in [1.82, 2.24) is 0 Å². The van der Waals surface area contributed by atoms with Gasteiger partial charge in [0.25, 0.3) is 11.4 Å². The molecule has 0 spiro atoms. The molecular weight excluding hydrogens is 272 g/mol. The molecular formula is C11H11N2O7. The van der Waals surface area contributed by atoms with Crippen LogP contribution >= 0.6 is 0 Å². The molecule has 0 atom stereocenters. The molecule has 0 bridgehead atoms. The van der Waals surface area contributed by atoms with Crippen molar-refractivity contribution in [3.8, 4) is 0 Å². The molecule has 1 radical (unpaired) electrons. The molecule has 0 aliphatic carbocycles. The Kier molecular flexibility index (Phi) is 5.09. The number of nitrogens with zero attached hydrogens (tertiary/aromatic N) is 2. The van der Waals surface area contributed by atoms with E-state index in [1.165, 1.54) is 0 Å². The minimum atomic E-state index is -1.48. The summed E-state index contributed by atoms with van der Waals surface area (Å²) in [6.07, 6.45) is 0.474. The predicted octanol–water partition coefficient (Wildman–Crippen LogP) is 1.95. The van der Waals surface area contributed by atoms with E-state index in [0.29, 0.717) is 0 Å². The topological polar surface area (TPSA) is 143 Å². The van der Waals surface area contributed by atoms with Gasteiger partial charge in [0.15, 0.2) is 0 Å². The minimum Gasteiger partial charge on any atom is -0.478 e. The number of rotatable bonds is 7. The number of benzene rings is 1. The van der Waals surface area contributed by atoms with Crippen LogP contribution in [-0.2, 0) is 11.5 Å². The van der Waals surface area contributed by atoms with Crippen LogP contribution in [-0.4, -0.2) is 27.5 Å². The van der Waals surface area contributed by atoms with Gasteiger partial charge in [0.1, 0.15) is 5.56 Å². The smallest absolute Gasteiger partial charge is 0.336 e. The summed E-state index contributed by atoms with van der Waals surface area (Å²) >= 11 is 0. The van der Waals surface area contributed by atoms with Gasteiger partial charge >= 0.3 is 5.97 Å². The summed E-state index contributed by atoms with van der Waals surface area (Å²) in [5.74, 6) is -1.48. The number of carboxylic acids is 1. The summed E-state index contributed by atoms with van der Waals surface area (Å²) < 4.78 is 0. The van der Waals surface area contributed by atoms with Crippen LogP contribution in [0.25, 0.3) is 0 Å². The zero-order chi connectivity index (χ0) is 15.3. The van der Waals surface area contributed by atoms with E-state index in [9.17, 15) is 30.1 Å². The fourth-order valence-electron chi connectivity index (χ4n) is 1.75. The second-order valence-corrected chi connectivity index (χ2v) is 3.97. The summed E-state index contributed by atoms with van der Waals surface area (Å²) in [5, 5.41) is 41.0. The van der Waals surface area contributed by atoms with Crippen LogP contribution in [0.4, 0.5) is 11.4 Å². The molecule has 1 N–H and O–H groups in total. The third-order valence-corrected chi connectivity index (χ3v) is 2.66. The van der Waals surface area contributed by atoms with E-state index >= 15 is 0 Å². The molecule has 0 heterocycles. The quantitative estimate of drug-likeness (QED) is 0.460. The van der Waals surface area contributed by atoms with Gasteiger partial charge in [0.05, 0.1) is 22.0 Å². The molecule has 1 aromatic carbocycles. The van der Waals surface area contributed by atoms with Crippen LogP contribution in [0.15, 0.2) is 12.1 Å². The number of nitro benzene ring substituents is 2. The molecule has 0 aromatic heterocycles. The van der Waals surface area contributed by atoms with E-state index in [1.807, 2.05) is 0 Å². The Bertz CT molecular complexity index is 521. The van der Waals surface area contributed by atoms with Gasteiger partial charge in [-0.1, -0.05) is 0 Å². The molecule has 1 rings (SSSR count). The van der Waals surface area contributed by atoms with Gasteiger partial charge in [0, 0.05) is 12.1 Å². The van der Waals surface area contributed by atoms with E-state index in [2.05, 4.69) is 0 Å². The van der Waals surface area contributed by atoms with Crippen molar-refractivity contribution in [3.05, 3.63) is 43.5 Å². The van der Waals surface area contributed by atoms with Gasteiger partial charge in [-0.15, -0.1) is 0 Å². The maximum Gasteiger partial charge on any atom is 0.336 e. The van der Waals surface area contributed by atoms with Gasteiger partial charge in [-0.2, -0.15) is 0 Å². The zero-order valence-electron chi connectivity index (χ0n) is 10.3.